The number of nitrogens with one attached hydrogen (secondary N) is 2. The molecular weight excluding hydrogens is 226 g/mol. The Morgan fingerprint density at radius 3 is 2.86 bits per heavy atom. The van der Waals surface area contributed by atoms with Gasteiger partial charge in [0.2, 0.25) is 10.0 Å². The molecular formula is C7H12ClN3O2S. The van der Waals surface area contributed by atoms with Crippen LogP contribution in [0.5, 0.6) is 0 Å². The number of H-pyrrole nitrogens is 1. The summed E-state index contributed by atoms with van der Waals surface area (Å²) in [5.41, 5.74) is 0.455. The predicted octanol–water partition coefficient (Wildman–Crippen LogP) is 1.17. The molecule has 0 unspecified atom stereocenters. The fourth-order valence-corrected chi connectivity index (χ4v) is 2.27. The molecule has 0 aliphatic heterocycles. The second-order valence-electron chi connectivity index (χ2n) is 2.80. The lowest BCUT2D eigenvalue weighted by Crippen LogP contribution is -2.16. The summed E-state index contributed by atoms with van der Waals surface area (Å²) in [4.78, 5) is 0. The molecule has 0 atom stereocenters. The van der Waals surface area contributed by atoms with Gasteiger partial charge in [-0.2, -0.15) is 5.10 Å². The molecule has 0 aromatic carbocycles. The third-order valence-electron chi connectivity index (χ3n) is 1.57. The molecule has 5 nitrogen and oxygen atoms in total. The van der Waals surface area contributed by atoms with E-state index in [2.05, 4.69) is 14.9 Å². The molecule has 0 aliphatic carbocycles. The summed E-state index contributed by atoms with van der Waals surface area (Å²) in [5, 5.41) is 6.15. The van der Waals surface area contributed by atoms with Crippen LogP contribution in [0.15, 0.2) is 12.4 Å². The van der Waals surface area contributed by atoms with Crippen LogP contribution in [0.1, 0.15) is 12.8 Å². The summed E-state index contributed by atoms with van der Waals surface area (Å²) in [5.74, 6) is 0.576. The van der Waals surface area contributed by atoms with Crippen LogP contribution in [-0.4, -0.2) is 30.2 Å². The summed E-state index contributed by atoms with van der Waals surface area (Å²) in [6.07, 6.45) is 4.17. The lowest BCUT2D eigenvalue weighted by atomic mass is 10.4. The van der Waals surface area contributed by atoms with Crippen molar-refractivity contribution in [2.45, 2.75) is 12.8 Å². The number of unbranched alkanes of at least 4 members (excludes halogenated alkanes) is 1. The van der Waals surface area contributed by atoms with Gasteiger partial charge < -0.3 is 0 Å². The lowest BCUT2D eigenvalue weighted by Gasteiger charge is -2.04. The number of anilines is 1. The highest BCUT2D eigenvalue weighted by molar-refractivity contribution is 7.92. The van der Waals surface area contributed by atoms with Gasteiger partial charge in [-0.15, -0.1) is 11.6 Å². The minimum atomic E-state index is -3.25. The van der Waals surface area contributed by atoms with Crippen molar-refractivity contribution in [1.82, 2.24) is 10.2 Å². The molecule has 0 radical (unpaired) electrons. The Labute approximate surface area is 87.9 Å². The zero-order valence-corrected chi connectivity index (χ0v) is 9.11. The van der Waals surface area contributed by atoms with Gasteiger partial charge in [-0.05, 0) is 12.8 Å². The molecule has 0 bridgehead atoms. The number of nitrogens with zero attached hydrogens (tertiary/aromatic N) is 1. The van der Waals surface area contributed by atoms with E-state index in [9.17, 15) is 8.42 Å². The first-order chi connectivity index (χ1) is 6.64. The van der Waals surface area contributed by atoms with Gasteiger partial charge in [0.25, 0.3) is 0 Å². The Bertz CT molecular complexity index is 349. The number of aromatic nitrogens is 2. The molecule has 2 N–H and O–H groups in total. The van der Waals surface area contributed by atoms with Crippen LogP contribution in [0.4, 0.5) is 5.69 Å². The second-order valence-corrected chi connectivity index (χ2v) is 5.02. The second kappa shape index (κ2) is 5.21. The van der Waals surface area contributed by atoms with Gasteiger partial charge in [-0.3, -0.25) is 9.82 Å². The molecule has 0 aliphatic rings. The number of halogens is 1. The molecule has 0 spiro atoms. The summed E-state index contributed by atoms with van der Waals surface area (Å²) in [6, 6.07) is 0. The Morgan fingerprint density at radius 2 is 2.29 bits per heavy atom. The Morgan fingerprint density at radius 1 is 1.50 bits per heavy atom. The molecule has 0 amide bonds. The van der Waals surface area contributed by atoms with Crippen LogP contribution in [-0.2, 0) is 10.0 Å². The highest BCUT2D eigenvalue weighted by Gasteiger charge is 2.09. The van der Waals surface area contributed by atoms with E-state index in [1.165, 1.54) is 12.4 Å². The van der Waals surface area contributed by atoms with Gasteiger partial charge >= 0.3 is 0 Å². The van der Waals surface area contributed by atoms with Gasteiger partial charge in [0, 0.05) is 12.1 Å². The van der Waals surface area contributed by atoms with Crippen molar-refractivity contribution in [3.63, 3.8) is 0 Å². The number of rotatable bonds is 6. The topological polar surface area (TPSA) is 74.8 Å². The quantitative estimate of drug-likeness (QED) is 0.576. The number of alkyl halides is 1. The fourth-order valence-electron chi connectivity index (χ4n) is 0.924. The number of hydrogen-bond acceptors (Lipinski definition) is 3. The van der Waals surface area contributed by atoms with Gasteiger partial charge in [-0.1, -0.05) is 0 Å². The minimum Gasteiger partial charge on any atom is -0.284 e. The molecule has 0 saturated carbocycles. The highest BCUT2D eigenvalue weighted by atomic mass is 35.5. The SMILES string of the molecule is O=S(=O)(CCCCCl)Nc1cn[nH]c1. The molecule has 14 heavy (non-hydrogen) atoms. The summed E-state index contributed by atoms with van der Waals surface area (Å²) >= 11 is 5.44. The van der Waals surface area contributed by atoms with Crippen LogP contribution in [0.2, 0.25) is 0 Å². The zero-order chi connectivity index (χ0) is 10.4. The Balaban J connectivity index is 2.42. The normalized spacial score (nSPS) is 11.5. The van der Waals surface area contributed by atoms with Crippen LogP contribution < -0.4 is 4.72 Å². The molecule has 0 fully saturated rings. The smallest absolute Gasteiger partial charge is 0.232 e. The lowest BCUT2D eigenvalue weighted by molar-refractivity contribution is 0.598. The van der Waals surface area contributed by atoms with Crippen molar-refractivity contribution in [3.05, 3.63) is 12.4 Å². The molecule has 80 valence electrons. The summed E-state index contributed by atoms with van der Waals surface area (Å²) in [6.45, 7) is 0. The maximum absolute atomic E-state index is 11.4. The number of hydrogen-bond donors (Lipinski definition) is 2. The largest absolute Gasteiger partial charge is 0.284 e. The number of aromatic amines is 1. The number of sulfonamides is 1. The molecule has 1 aromatic rings. The third kappa shape index (κ3) is 3.97. The minimum absolute atomic E-state index is 0.0882. The van der Waals surface area contributed by atoms with Crippen molar-refractivity contribution < 1.29 is 8.42 Å². The van der Waals surface area contributed by atoms with E-state index in [1.54, 1.807) is 0 Å². The van der Waals surface area contributed by atoms with Crippen LogP contribution in [0, 0.1) is 0 Å². The molecule has 1 heterocycles. The average Bonchev–Trinajstić information content (AvgIpc) is 2.56. The molecule has 1 rings (SSSR count). The zero-order valence-electron chi connectivity index (χ0n) is 7.53. The van der Waals surface area contributed by atoms with Crippen molar-refractivity contribution in [2.24, 2.45) is 0 Å². The molecule has 7 heteroatoms. The fraction of sp³-hybridized carbons (Fsp3) is 0.571. The van der Waals surface area contributed by atoms with E-state index in [-0.39, 0.29) is 5.75 Å². The van der Waals surface area contributed by atoms with Gasteiger partial charge in [0.1, 0.15) is 0 Å². The van der Waals surface area contributed by atoms with Crippen LogP contribution in [0.25, 0.3) is 0 Å². The summed E-state index contributed by atoms with van der Waals surface area (Å²) in [7, 11) is -3.25. The van der Waals surface area contributed by atoms with Crippen LogP contribution >= 0.6 is 11.6 Å². The molecule has 0 saturated heterocycles. The van der Waals surface area contributed by atoms with Crippen molar-refractivity contribution in [3.8, 4) is 0 Å². The van der Waals surface area contributed by atoms with E-state index < -0.39 is 10.0 Å². The van der Waals surface area contributed by atoms with Gasteiger partial charge in [0.15, 0.2) is 0 Å². The first-order valence-electron chi connectivity index (χ1n) is 4.19. The first-order valence-corrected chi connectivity index (χ1v) is 6.38. The third-order valence-corrected chi connectivity index (χ3v) is 3.21. The van der Waals surface area contributed by atoms with Crippen LogP contribution in [0.3, 0.4) is 0 Å². The van der Waals surface area contributed by atoms with Crippen molar-refractivity contribution in [2.75, 3.05) is 16.4 Å². The molecule has 1 aromatic heterocycles. The van der Waals surface area contributed by atoms with Gasteiger partial charge in [-0.25, -0.2) is 8.42 Å². The first kappa shape index (κ1) is 11.3. The average molecular weight is 238 g/mol. The summed E-state index contributed by atoms with van der Waals surface area (Å²) < 4.78 is 25.1. The van der Waals surface area contributed by atoms with E-state index >= 15 is 0 Å². The van der Waals surface area contributed by atoms with Crippen molar-refractivity contribution in [1.29, 1.82) is 0 Å². The Hall–Kier alpha value is -0.750. The maximum atomic E-state index is 11.4. The van der Waals surface area contributed by atoms with E-state index in [1.807, 2.05) is 0 Å². The van der Waals surface area contributed by atoms with E-state index in [0.717, 1.165) is 0 Å². The van der Waals surface area contributed by atoms with E-state index in [0.29, 0.717) is 24.4 Å². The van der Waals surface area contributed by atoms with E-state index in [4.69, 9.17) is 11.6 Å². The predicted molar refractivity (Wildman–Crippen MR) is 56.0 cm³/mol. The maximum Gasteiger partial charge on any atom is 0.232 e. The monoisotopic (exact) mass is 237 g/mol. The standard InChI is InChI=1S/C7H12ClN3O2S/c8-3-1-2-4-14(12,13)11-7-5-9-10-6-7/h5-6,11H,1-4H2,(H,9,10). The van der Waals surface area contributed by atoms with Crippen molar-refractivity contribution >= 4 is 27.3 Å². The highest BCUT2D eigenvalue weighted by Crippen LogP contribution is 2.06. The van der Waals surface area contributed by atoms with Gasteiger partial charge in [0.05, 0.1) is 17.6 Å². The Kier molecular flexibility index (Phi) is 4.21.